The number of carbonyl (C=O) groups is 1. The summed E-state index contributed by atoms with van der Waals surface area (Å²) in [6.45, 7) is 8.55. The molecule has 2 N–H and O–H groups in total. The van der Waals surface area contributed by atoms with Gasteiger partial charge in [0.05, 0.1) is 6.04 Å². The maximum atomic E-state index is 13.0. The molecule has 0 spiro atoms. The van der Waals surface area contributed by atoms with E-state index in [-0.39, 0.29) is 18.0 Å². The van der Waals surface area contributed by atoms with Crippen LogP contribution in [0.3, 0.4) is 0 Å². The van der Waals surface area contributed by atoms with E-state index in [9.17, 15) is 4.79 Å². The molecule has 5 heteroatoms. The molecule has 5 nitrogen and oxygen atoms in total. The Morgan fingerprint density at radius 2 is 2.07 bits per heavy atom. The molecule has 4 rings (SSSR count). The predicted molar refractivity (Wildman–Crippen MR) is 114 cm³/mol. The number of nitrogens with one attached hydrogen (secondary N) is 2. The molecule has 2 aliphatic rings. The molecule has 2 aromatic rings. The second kappa shape index (κ2) is 8.26. The van der Waals surface area contributed by atoms with Crippen LogP contribution < -0.4 is 10.6 Å². The number of hydrogen-bond acceptors (Lipinski definition) is 3. The molecule has 28 heavy (non-hydrogen) atoms. The van der Waals surface area contributed by atoms with Crippen molar-refractivity contribution in [1.82, 2.24) is 20.1 Å². The van der Waals surface area contributed by atoms with Crippen LogP contribution in [0.15, 0.2) is 24.4 Å². The zero-order valence-electron chi connectivity index (χ0n) is 17.5. The van der Waals surface area contributed by atoms with Crippen molar-refractivity contribution in [3.8, 4) is 0 Å². The summed E-state index contributed by atoms with van der Waals surface area (Å²) in [5, 5.41) is 8.24. The summed E-state index contributed by atoms with van der Waals surface area (Å²) >= 11 is 0. The average Bonchev–Trinajstić information content (AvgIpc) is 3.25. The van der Waals surface area contributed by atoms with Gasteiger partial charge >= 0.3 is 0 Å². The molecule has 0 aliphatic carbocycles. The van der Waals surface area contributed by atoms with Crippen molar-refractivity contribution >= 4 is 16.8 Å². The van der Waals surface area contributed by atoms with Crippen molar-refractivity contribution in [2.75, 3.05) is 26.2 Å². The Balaban J connectivity index is 1.53. The Labute approximate surface area is 168 Å². The summed E-state index contributed by atoms with van der Waals surface area (Å²) in [5.41, 5.74) is 3.89. The summed E-state index contributed by atoms with van der Waals surface area (Å²) in [5.74, 6) is 0.703. The lowest BCUT2D eigenvalue weighted by atomic mass is 9.94. The van der Waals surface area contributed by atoms with Gasteiger partial charge in [0.25, 0.3) is 0 Å². The van der Waals surface area contributed by atoms with Crippen molar-refractivity contribution in [1.29, 1.82) is 0 Å². The fourth-order valence-electron chi connectivity index (χ4n) is 4.93. The number of benzene rings is 1. The zero-order valence-corrected chi connectivity index (χ0v) is 17.5. The van der Waals surface area contributed by atoms with E-state index in [1.54, 1.807) is 0 Å². The van der Waals surface area contributed by atoms with Crippen molar-refractivity contribution in [2.45, 2.75) is 51.6 Å². The van der Waals surface area contributed by atoms with Gasteiger partial charge in [-0.25, -0.2) is 0 Å². The monoisotopic (exact) mass is 382 g/mol. The third kappa shape index (κ3) is 3.96. The molecule has 152 valence electrons. The van der Waals surface area contributed by atoms with E-state index in [1.807, 2.05) is 0 Å². The quantitative estimate of drug-likeness (QED) is 0.808. The van der Waals surface area contributed by atoms with E-state index in [4.69, 9.17) is 0 Å². The number of nitrogens with zero attached hydrogens (tertiary/aromatic N) is 2. The lowest BCUT2D eigenvalue weighted by molar-refractivity contribution is -0.123. The average molecular weight is 383 g/mol. The van der Waals surface area contributed by atoms with Crippen LogP contribution in [-0.4, -0.2) is 47.6 Å². The highest BCUT2D eigenvalue weighted by Gasteiger charge is 2.30. The first-order valence-corrected chi connectivity index (χ1v) is 10.9. The summed E-state index contributed by atoms with van der Waals surface area (Å²) in [4.78, 5) is 15.5. The Bertz CT molecular complexity index is 834. The van der Waals surface area contributed by atoms with Crippen LogP contribution in [-0.2, 0) is 18.3 Å². The maximum absolute atomic E-state index is 13.0. The van der Waals surface area contributed by atoms with E-state index in [0.29, 0.717) is 5.92 Å². The van der Waals surface area contributed by atoms with E-state index in [0.717, 1.165) is 25.9 Å². The molecule has 1 aromatic heterocycles. The molecule has 0 radical (unpaired) electrons. The fourth-order valence-corrected chi connectivity index (χ4v) is 4.93. The lowest BCUT2D eigenvalue weighted by Gasteiger charge is -2.25. The van der Waals surface area contributed by atoms with Crippen LogP contribution in [0.1, 0.15) is 50.3 Å². The smallest absolute Gasteiger partial charge is 0.237 e. The van der Waals surface area contributed by atoms with Crippen LogP contribution in [0.25, 0.3) is 10.9 Å². The van der Waals surface area contributed by atoms with Crippen LogP contribution in [0, 0.1) is 5.92 Å². The Kier molecular flexibility index (Phi) is 5.74. The number of amides is 1. The van der Waals surface area contributed by atoms with Crippen LogP contribution in [0.4, 0.5) is 0 Å². The van der Waals surface area contributed by atoms with Gasteiger partial charge in [0.15, 0.2) is 0 Å². The van der Waals surface area contributed by atoms with Crippen LogP contribution in [0.5, 0.6) is 0 Å². The van der Waals surface area contributed by atoms with Crippen LogP contribution >= 0.6 is 0 Å². The first kappa shape index (κ1) is 19.5. The van der Waals surface area contributed by atoms with Gasteiger partial charge in [0, 0.05) is 43.3 Å². The largest absolute Gasteiger partial charge is 0.353 e. The summed E-state index contributed by atoms with van der Waals surface area (Å²) in [7, 11) is 2.10. The number of rotatable bonds is 6. The molecule has 1 fully saturated rings. The van der Waals surface area contributed by atoms with Crippen LogP contribution in [0.2, 0.25) is 0 Å². The Morgan fingerprint density at radius 1 is 1.29 bits per heavy atom. The molecule has 0 unspecified atom stereocenters. The minimum atomic E-state index is -0.180. The highest BCUT2D eigenvalue weighted by atomic mass is 16.2. The molecular formula is C23H34N4O. The molecule has 2 aliphatic heterocycles. The second-order valence-electron chi connectivity index (χ2n) is 8.95. The molecular weight excluding hydrogens is 348 g/mol. The van der Waals surface area contributed by atoms with Gasteiger partial charge in [-0.1, -0.05) is 26.0 Å². The van der Waals surface area contributed by atoms with Gasteiger partial charge in [-0.2, -0.15) is 0 Å². The molecule has 0 bridgehead atoms. The van der Waals surface area contributed by atoms with Crippen molar-refractivity contribution in [2.24, 2.45) is 13.0 Å². The number of aromatic nitrogens is 1. The number of aryl methyl sites for hydroxylation is 1. The molecule has 3 heterocycles. The van der Waals surface area contributed by atoms with Crippen molar-refractivity contribution in [3.05, 3.63) is 35.5 Å². The zero-order chi connectivity index (χ0) is 19.7. The summed E-state index contributed by atoms with van der Waals surface area (Å²) < 4.78 is 2.20. The molecule has 1 amide bonds. The van der Waals surface area contributed by atoms with E-state index in [2.05, 4.69) is 65.4 Å². The van der Waals surface area contributed by atoms with Crippen molar-refractivity contribution in [3.63, 3.8) is 0 Å². The molecule has 0 saturated carbocycles. The Hall–Kier alpha value is -1.85. The standard InChI is InChI=1S/C23H34N4O/c1-16(2)13-19-18-7-6-8-21-22(18)17(15-26(21)3)14-20(25-19)23(28)24-9-12-27-10-4-5-11-27/h6-8,15-16,19-20,25H,4-5,9-14H2,1-3H3,(H,24,28)/t19-,20-/m0/s1. The number of hydrogen-bond donors (Lipinski definition) is 2. The SMILES string of the molecule is CC(C)C[C@@H]1N[C@H](C(=O)NCCN2CCCC2)Cc2cn(C)c3cccc1c23. The van der Waals surface area contributed by atoms with E-state index >= 15 is 0 Å². The molecule has 2 atom stereocenters. The predicted octanol–water partition coefficient (Wildman–Crippen LogP) is 2.99. The summed E-state index contributed by atoms with van der Waals surface area (Å²) in [6.07, 6.45) is 6.57. The van der Waals surface area contributed by atoms with Gasteiger partial charge in [-0.3, -0.25) is 10.1 Å². The van der Waals surface area contributed by atoms with Gasteiger partial charge in [-0.05, 0) is 61.9 Å². The minimum absolute atomic E-state index is 0.137. The third-order valence-corrected chi connectivity index (χ3v) is 6.28. The van der Waals surface area contributed by atoms with E-state index < -0.39 is 0 Å². The van der Waals surface area contributed by atoms with Crippen molar-refractivity contribution < 1.29 is 4.79 Å². The minimum Gasteiger partial charge on any atom is -0.353 e. The van der Waals surface area contributed by atoms with Gasteiger partial charge in [-0.15, -0.1) is 0 Å². The highest BCUT2D eigenvalue weighted by molar-refractivity contribution is 5.90. The van der Waals surface area contributed by atoms with Gasteiger partial charge in [0.2, 0.25) is 5.91 Å². The lowest BCUT2D eigenvalue weighted by Crippen LogP contribution is -2.47. The molecule has 1 aromatic carbocycles. The van der Waals surface area contributed by atoms with E-state index in [1.165, 1.54) is 48.0 Å². The first-order chi connectivity index (χ1) is 13.5. The van der Waals surface area contributed by atoms with Gasteiger partial charge in [0.1, 0.15) is 0 Å². The maximum Gasteiger partial charge on any atom is 0.237 e. The first-order valence-electron chi connectivity index (χ1n) is 10.9. The second-order valence-corrected chi connectivity index (χ2v) is 8.95. The fraction of sp³-hybridized carbons (Fsp3) is 0.609. The van der Waals surface area contributed by atoms with Gasteiger partial charge < -0.3 is 14.8 Å². The molecule has 1 saturated heterocycles. The number of carbonyl (C=O) groups excluding carboxylic acids is 1. The third-order valence-electron chi connectivity index (χ3n) is 6.28. The highest BCUT2D eigenvalue weighted by Crippen LogP contribution is 2.35. The number of likely N-dealkylation sites (tertiary alicyclic amines) is 1. The Morgan fingerprint density at radius 3 is 2.82 bits per heavy atom. The normalized spacial score (nSPS) is 22.7. The summed E-state index contributed by atoms with van der Waals surface area (Å²) in [6, 6.07) is 6.60. The topological polar surface area (TPSA) is 49.3 Å².